The van der Waals surface area contributed by atoms with E-state index in [1.165, 1.54) is 23.9 Å². The highest BCUT2D eigenvalue weighted by atomic mass is 32.2. The van der Waals surface area contributed by atoms with Gasteiger partial charge in [-0.15, -0.1) is 10.2 Å². The molecule has 33 heavy (non-hydrogen) atoms. The van der Waals surface area contributed by atoms with E-state index in [9.17, 15) is 9.18 Å². The van der Waals surface area contributed by atoms with Crippen molar-refractivity contribution >= 4 is 23.6 Å². The van der Waals surface area contributed by atoms with E-state index in [2.05, 4.69) is 37.1 Å². The van der Waals surface area contributed by atoms with Gasteiger partial charge >= 0.3 is 0 Å². The number of halogens is 1. The third-order valence-electron chi connectivity index (χ3n) is 5.73. The van der Waals surface area contributed by atoms with Crippen LogP contribution < -0.4 is 10.2 Å². The summed E-state index contributed by atoms with van der Waals surface area (Å²) >= 11 is 1.35. The third kappa shape index (κ3) is 5.36. The molecule has 1 atom stereocenters. The highest BCUT2D eigenvalue weighted by Crippen LogP contribution is 2.37. The van der Waals surface area contributed by atoms with Crippen molar-refractivity contribution in [3.63, 3.8) is 0 Å². The van der Waals surface area contributed by atoms with Crippen LogP contribution in [0, 0.1) is 5.82 Å². The molecule has 1 aromatic heterocycles. The van der Waals surface area contributed by atoms with Gasteiger partial charge in [0.2, 0.25) is 11.9 Å². The number of benzene rings is 2. The third-order valence-corrected chi connectivity index (χ3v) is 6.97. The normalized spacial score (nSPS) is 17.1. The van der Waals surface area contributed by atoms with Gasteiger partial charge in [0, 0.05) is 19.1 Å². The first kappa shape index (κ1) is 21.9. The summed E-state index contributed by atoms with van der Waals surface area (Å²) in [6.07, 6.45) is 2.00. The van der Waals surface area contributed by atoms with Crippen molar-refractivity contribution < 1.29 is 13.9 Å². The Bertz CT molecular complexity index is 1080. The van der Waals surface area contributed by atoms with Crippen molar-refractivity contribution in [1.29, 1.82) is 0 Å². The second kappa shape index (κ2) is 9.93. The van der Waals surface area contributed by atoms with E-state index in [1.54, 1.807) is 12.1 Å². The topological polar surface area (TPSA) is 72.3 Å². The number of amides is 1. The maximum absolute atomic E-state index is 13.6. The van der Waals surface area contributed by atoms with E-state index >= 15 is 0 Å². The minimum absolute atomic E-state index is 0.0868. The van der Waals surface area contributed by atoms with Crippen molar-refractivity contribution in [2.45, 2.75) is 35.8 Å². The van der Waals surface area contributed by atoms with Crippen molar-refractivity contribution in [2.24, 2.45) is 0 Å². The summed E-state index contributed by atoms with van der Waals surface area (Å²) in [4.78, 5) is 15.3. The molecule has 172 valence electrons. The quantitative estimate of drug-likeness (QED) is 0.512. The average molecular weight is 468 g/mol. The van der Waals surface area contributed by atoms with Gasteiger partial charge in [-0.05, 0) is 36.1 Å². The number of thioether (sulfide) groups is 1. The molecule has 2 heterocycles. The monoisotopic (exact) mass is 467 g/mol. The lowest BCUT2D eigenvalue weighted by molar-refractivity contribution is -0.120. The van der Waals surface area contributed by atoms with Crippen LogP contribution in [0.4, 0.5) is 10.3 Å². The first-order valence-electron chi connectivity index (χ1n) is 11.2. The molecular formula is C24H26FN5O2S. The van der Waals surface area contributed by atoms with E-state index in [0.29, 0.717) is 24.9 Å². The lowest BCUT2D eigenvalue weighted by Gasteiger charge is -2.28. The molecule has 1 saturated heterocycles. The fourth-order valence-electron chi connectivity index (χ4n) is 3.79. The maximum Gasteiger partial charge on any atom is 0.238 e. The van der Waals surface area contributed by atoms with Crippen LogP contribution >= 0.6 is 11.8 Å². The first-order chi connectivity index (χ1) is 16.2. The molecule has 0 bridgehead atoms. The van der Waals surface area contributed by atoms with Gasteiger partial charge < -0.3 is 15.0 Å². The number of carbonyl (C=O) groups is 1. The number of hydrogen-bond acceptors (Lipinski definition) is 6. The minimum Gasteiger partial charge on any atom is -0.378 e. The lowest BCUT2D eigenvalue weighted by Crippen LogP contribution is -2.38. The predicted molar refractivity (Wildman–Crippen MR) is 125 cm³/mol. The molecule has 1 aliphatic carbocycles. The number of morpholine rings is 1. The smallest absolute Gasteiger partial charge is 0.238 e. The maximum atomic E-state index is 13.6. The molecule has 1 N–H and O–H groups in total. The van der Waals surface area contributed by atoms with Crippen LogP contribution in [-0.2, 0) is 16.1 Å². The zero-order valence-electron chi connectivity index (χ0n) is 18.2. The molecule has 5 rings (SSSR count). The summed E-state index contributed by atoms with van der Waals surface area (Å²) in [5.74, 6) is 0.355. The van der Waals surface area contributed by atoms with E-state index in [-0.39, 0.29) is 17.8 Å². The number of nitrogens with one attached hydrogen (secondary N) is 1. The fraction of sp³-hybridized carbons (Fsp3) is 0.375. The Morgan fingerprint density at radius 2 is 1.82 bits per heavy atom. The van der Waals surface area contributed by atoms with Gasteiger partial charge in [0.25, 0.3) is 0 Å². The van der Waals surface area contributed by atoms with Crippen LogP contribution in [0.25, 0.3) is 0 Å². The number of nitrogens with zero attached hydrogens (tertiary/aromatic N) is 4. The molecule has 3 aromatic rings. The summed E-state index contributed by atoms with van der Waals surface area (Å²) in [6, 6.07) is 16.5. The Morgan fingerprint density at radius 1 is 1.09 bits per heavy atom. The van der Waals surface area contributed by atoms with Gasteiger partial charge in [0.1, 0.15) is 11.1 Å². The predicted octanol–water partition coefficient (Wildman–Crippen LogP) is 3.41. The average Bonchev–Trinajstić information content (AvgIpc) is 3.58. The van der Waals surface area contributed by atoms with Crippen molar-refractivity contribution in [3.8, 4) is 0 Å². The standard InChI is InChI=1S/C24H26FN5O2S/c25-19-8-6-18(7-9-19)21(22(31)26-20-10-11-20)33-24-28-27-23(29-12-14-32-15-13-29)30(24)16-17-4-2-1-3-5-17/h1-9,20-21H,10-16H2,(H,26,31). The zero-order chi connectivity index (χ0) is 22.6. The number of ether oxygens (including phenoxy) is 1. The van der Waals surface area contributed by atoms with E-state index < -0.39 is 5.25 Å². The molecule has 1 amide bonds. The molecule has 2 fully saturated rings. The van der Waals surface area contributed by atoms with Crippen molar-refractivity contribution in [1.82, 2.24) is 20.1 Å². The number of aromatic nitrogens is 3. The molecule has 2 aliphatic rings. The number of carbonyl (C=O) groups excluding carboxylic acids is 1. The second-order valence-corrected chi connectivity index (χ2v) is 9.36. The van der Waals surface area contributed by atoms with Crippen molar-refractivity contribution in [2.75, 3.05) is 31.2 Å². The molecule has 1 unspecified atom stereocenters. The Labute approximate surface area is 196 Å². The van der Waals surface area contributed by atoms with Crippen LogP contribution in [0.5, 0.6) is 0 Å². The Balaban J connectivity index is 1.47. The molecule has 9 heteroatoms. The second-order valence-electron chi connectivity index (χ2n) is 8.29. The highest BCUT2D eigenvalue weighted by molar-refractivity contribution is 8.00. The van der Waals surface area contributed by atoms with Gasteiger partial charge in [-0.2, -0.15) is 0 Å². The van der Waals surface area contributed by atoms with Crippen LogP contribution in [0.3, 0.4) is 0 Å². The molecule has 1 saturated carbocycles. The molecule has 2 aromatic carbocycles. The van der Waals surface area contributed by atoms with Gasteiger partial charge in [-0.3, -0.25) is 9.36 Å². The van der Waals surface area contributed by atoms with Gasteiger partial charge in [0.05, 0.1) is 19.8 Å². The Kier molecular flexibility index (Phi) is 6.59. The first-order valence-corrected chi connectivity index (χ1v) is 12.1. The van der Waals surface area contributed by atoms with Crippen LogP contribution in [0.1, 0.15) is 29.2 Å². The molecule has 0 radical (unpaired) electrons. The van der Waals surface area contributed by atoms with Gasteiger partial charge in [-0.25, -0.2) is 4.39 Å². The largest absolute Gasteiger partial charge is 0.378 e. The van der Waals surface area contributed by atoms with Crippen LogP contribution in [0.15, 0.2) is 59.8 Å². The van der Waals surface area contributed by atoms with E-state index in [1.807, 2.05) is 18.2 Å². The summed E-state index contributed by atoms with van der Waals surface area (Å²) in [7, 11) is 0. The van der Waals surface area contributed by atoms with Crippen molar-refractivity contribution in [3.05, 3.63) is 71.5 Å². The van der Waals surface area contributed by atoms with Crippen LogP contribution in [-0.4, -0.2) is 53.0 Å². The van der Waals surface area contributed by atoms with E-state index in [4.69, 9.17) is 4.74 Å². The summed E-state index contributed by atoms with van der Waals surface area (Å²) in [6.45, 7) is 3.34. The molecule has 0 spiro atoms. The fourth-order valence-corrected chi connectivity index (χ4v) is 4.83. The number of rotatable bonds is 8. The minimum atomic E-state index is -0.553. The Morgan fingerprint density at radius 3 is 2.52 bits per heavy atom. The van der Waals surface area contributed by atoms with Gasteiger partial charge in [0.15, 0.2) is 5.16 Å². The van der Waals surface area contributed by atoms with Crippen LogP contribution in [0.2, 0.25) is 0 Å². The highest BCUT2D eigenvalue weighted by Gasteiger charge is 2.31. The van der Waals surface area contributed by atoms with E-state index in [0.717, 1.165) is 43.0 Å². The summed E-state index contributed by atoms with van der Waals surface area (Å²) in [5, 5.41) is 12.2. The molecular weight excluding hydrogens is 441 g/mol. The summed E-state index contributed by atoms with van der Waals surface area (Å²) in [5.41, 5.74) is 1.86. The Hall–Kier alpha value is -2.91. The SMILES string of the molecule is O=C(NC1CC1)C(Sc1nnc(N2CCOCC2)n1Cc1ccccc1)c1ccc(F)cc1. The summed E-state index contributed by atoms with van der Waals surface area (Å²) < 4.78 is 21.1. The number of anilines is 1. The number of hydrogen-bond donors (Lipinski definition) is 1. The lowest BCUT2D eigenvalue weighted by atomic mass is 10.1. The molecule has 1 aliphatic heterocycles. The van der Waals surface area contributed by atoms with Gasteiger partial charge in [-0.1, -0.05) is 54.2 Å². The molecule has 7 nitrogen and oxygen atoms in total. The zero-order valence-corrected chi connectivity index (χ0v) is 19.0.